The molecule has 3 atom stereocenters. The van der Waals surface area contributed by atoms with Crippen LogP contribution in [-0.4, -0.2) is 23.6 Å². The Morgan fingerprint density at radius 3 is 2.70 bits per heavy atom. The quantitative estimate of drug-likeness (QED) is 0.795. The van der Waals surface area contributed by atoms with E-state index in [-0.39, 0.29) is 12.2 Å². The molecule has 1 aliphatic carbocycles. The molecule has 3 nitrogen and oxygen atoms in total. The number of hydrogen-bond donors (Lipinski definition) is 0. The Morgan fingerprint density at radius 1 is 1.22 bits per heavy atom. The first-order valence-corrected chi connectivity index (χ1v) is 9.07. The second kappa shape index (κ2) is 6.94. The molecule has 1 heterocycles. The zero-order valence-corrected chi connectivity index (χ0v) is 14.6. The maximum atomic E-state index is 12.7. The lowest BCUT2D eigenvalue weighted by Crippen LogP contribution is -2.42. The lowest BCUT2D eigenvalue weighted by atomic mass is 9.75. The Kier molecular flexibility index (Phi) is 4.93. The van der Waals surface area contributed by atoms with Crippen molar-refractivity contribution in [3.8, 4) is 0 Å². The van der Waals surface area contributed by atoms with Crippen molar-refractivity contribution in [3.63, 3.8) is 0 Å². The molecule has 0 N–H and O–H groups in total. The average Bonchev–Trinajstić information content (AvgIpc) is 2.54. The molecule has 1 aliphatic heterocycles. The van der Waals surface area contributed by atoms with Gasteiger partial charge in [0.1, 0.15) is 6.10 Å². The first kappa shape index (κ1) is 16.4. The fourth-order valence-electron chi connectivity index (χ4n) is 4.11. The van der Waals surface area contributed by atoms with Crippen LogP contribution in [0.5, 0.6) is 0 Å². The van der Waals surface area contributed by atoms with Crippen LogP contribution in [0.4, 0.5) is 4.79 Å². The van der Waals surface area contributed by atoms with Crippen LogP contribution in [0, 0.1) is 17.8 Å². The van der Waals surface area contributed by atoms with Gasteiger partial charge in [0.15, 0.2) is 0 Å². The molecule has 1 aromatic carbocycles. The van der Waals surface area contributed by atoms with E-state index in [0.717, 1.165) is 19.4 Å². The number of ether oxygens (including phenoxy) is 1. The van der Waals surface area contributed by atoms with Gasteiger partial charge in [-0.2, -0.15) is 0 Å². The van der Waals surface area contributed by atoms with Gasteiger partial charge in [-0.15, -0.1) is 0 Å². The van der Waals surface area contributed by atoms with E-state index in [1.54, 1.807) is 0 Å². The molecule has 126 valence electrons. The number of fused-ring (bicyclic) bond motifs is 1. The summed E-state index contributed by atoms with van der Waals surface area (Å²) in [5, 5.41) is 0. The van der Waals surface area contributed by atoms with Gasteiger partial charge in [0, 0.05) is 13.1 Å². The summed E-state index contributed by atoms with van der Waals surface area (Å²) in [5.41, 5.74) is 2.62. The van der Waals surface area contributed by atoms with Crippen molar-refractivity contribution in [3.05, 3.63) is 35.4 Å². The molecule has 0 spiro atoms. The highest BCUT2D eigenvalue weighted by atomic mass is 16.6. The van der Waals surface area contributed by atoms with Crippen molar-refractivity contribution in [1.82, 2.24) is 4.90 Å². The Morgan fingerprint density at radius 2 is 1.96 bits per heavy atom. The van der Waals surface area contributed by atoms with E-state index < -0.39 is 0 Å². The van der Waals surface area contributed by atoms with Crippen LogP contribution < -0.4 is 0 Å². The molecule has 0 unspecified atom stereocenters. The molecule has 23 heavy (non-hydrogen) atoms. The summed E-state index contributed by atoms with van der Waals surface area (Å²) in [4.78, 5) is 14.5. The molecule has 0 saturated heterocycles. The van der Waals surface area contributed by atoms with Gasteiger partial charge < -0.3 is 9.64 Å². The first-order valence-electron chi connectivity index (χ1n) is 9.07. The summed E-state index contributed by atoms with van der Waals surface area (Å²) in [6, 6.07) is 8.40. The maximum absolute atomic E-state index is 12.7. The van der Waals surface area contributed by atoms with Crippen LogP contribution in [0.25, 0.3) is 0 Å². The first-order chi connectivity index (χ1) is 11.0. The van der Waals surface area contributed by atoms with Gasteiger partial charge in [-0.05, 0) is 48.1 Å². The van der Waals surface area contributed by atoms with Crippen molar-refractivity contribution >= 4 is 6.09 Å². The normalized spacial score (nSPS) is 27.7. The van der Waals surface area contributed by atoms with E-state index in [4.69, 9.17) is 4.74 Å². The van der Waals surface area contributed by atoms with Gasteiger partial charge in [-0.25, -0.2) is 4.79 Å². The molecule has 0 aromatic heterocycles. The van der Waals surface area contributed by atoms with E-state index in [2.05, 4.69) is 39.0 Å². The molecular formula is C20H29NO2. The maximum Gasteiger partial charge on any atom is 0.410 e. The summed E-state index contributed by atoms with van der Waals surface area (Å²) in [7, 11) is 0. The Balaban J connectivity index is 1.64. The molecule has 1 aromatic rings. The second-order valence-electron chi connectivity index (χ2n) is 7.69. The summed E-state index contributed by atoms with van der Waals surface area (Å²) in [5.74, 6) is 1.74. The Bertz CT molecular complexity index is 554. The molecule has 2 aliphatic rings. The lowest BCUT2D eigenvalue weighted by Gasteiger charge is -2.38. The third-order valence-corrected chi connectivity index (χ3v) is 5.60. The number of nitrogens with zero attached hydrogens (tertiary/aromatic N) is 1. The van der Waals surface area contributed by atoms with Gasteiger partial charge in [0.25, 0.3) is 0 Å². The third-order valence-electron chi connectivity index (χ3n) is 5.60. The van der Waals surface area contributed by atoms with E-state index in [1.807, 2.05) is 11.0 Å². The highest BCUT2D eigenvalue weighted by Crippen LogP contribution is 2.35. The number of amides is 1. The fraction of sp³-hybridized carbons (Fsp3) is 0.650. The molecule has 3 rings (SSSR count). The van der Waals surface area contributed by atoms with Gasteiger partial charge in [-0.1, -0.05) is 51.5 Å². The summed E-state index contributed by atoms with van der Waals surface area (Å²) in [6.45, 7) is 8.22. The van der Waals surface area contributed by atoms with Crippen molar-refractivity contribution in [2.45, 2.75) is 59.1 Å². The van der Waals surface area contributed by atoms with Crippen LogP contribution in [0.15, 0.2) is 24.3 Å². The minimum Gasteiger partial charge on any atom is -0.446 e. The molecule has 1 fully saturated rings. The second-order valence-corrected chi connectivity index (χ2v) is 7.69. The summed E-state index contributed by atoms with van der Waals surface area (Å²) < 4.78 is 5.98. The van der Waals surface area contributed by atoms with E-state index >= 15 is 0 Å². The molecule has 0 radical (unpaired) electrons. The van der Waals surface area contributed by atoms with Gasteiger partial charge in [0.05, 0.1) is 0 Å². The smallest absolute Gasteiger partial charge is 0.410 e. The van der Waals surface area contributed by atoms with Crippen molar-refractivity contribution in [1.29, 1.82) is 0 Å². The number of carbonyl (C=O) groups excluding carboxylic acids is 1. The predicted molar refractivity (Wildman–Crippen MR) is 92.2 cm³/mol. The molecule has 0 bridgehead atoms. The van der Waals surface area contributed by atoms with Crippen LogP contribution in [0.1, 0.15) is 51.2 Å². The van der Waals surface area contributed by atoms with Gasteiger partial charge in [0.2, 0.25) is 0 Å². The number of carbonyl (C=O) groups is 1. The van der Waals surface area contributed by atoms with Crippen LogP contribution in [0.2, 0.25) is 0 Å². The topological polar surface area (TPSA) is 29.5 Å². The zero-order chi connectivity index (χ0) is 16.4. The summed E-state index contributed by atoms with van der Waals surface area (Å²) >= 11 is 0. The Labute approximate surface area is 140 Å². The molecule has 3 heteroatoms. The highest BCUT2D eigenvalue weighted by molar-refractivity contribution is 5.68. The summed E-state index contributed by atoms with van der Waals surface area (Å²) in [6.07, 6.45) is 4.35. The van der Waals surface area contributed by atoms with Crippen LogP contribution in [-0.2, 0) is 17.7 Å². The van der Waals surface area contributed by atoms with Gasteiger partial charge in [-0.3, -0.25) is 0 Å². The van der Waals surface area contributed by atoms with Crippen LogP contribution in [0.3, 0.4) is 0 Å². The lowest BCUT2D eigenvalue weighted by molar-refractivity contribution is -0.0118. The number of benzene rings is 1. The van der Waals surface area contributed by atoms with E-state index in [1.165, 1.54) is 24.0 Å². The van der Waals surface area contributed by atoms with E-state index in [0.29, 0.717) is 24.3 Å². The number of hydrogen-bond acceptors (Lipinski definition) is 2. The van der Waals surface area contributed by atoms with Crippen molar-refractivity contribution in [2.75, 3.05) is 6.54 Å². The fourth-order valence-corrected chi connectivity index (χ4v) is 4.11. The minimum atomic E-state index is -0.121. The predicted octanol–water partition coefficient (Wildman–Crippen LogP) is 4.64. The minimum absolute atomic E-state index is 0.0865. The van der Waals surface area contributed by atoms with Gasteiger partial charge >= 0.3 is 6.09 Å². The van der Waals surface area contributed by atoms with Crippen molar-refractivity contribution < 1.29 is 9.53 Å². The average molecular weight is 315 g/mol. The third kappa shape index (κ3) is 3.70. The standard InChI is InChI=1S/C20H29NO2/c1-14(2)18-9-8-15(3)12-19(18)23-20(22)21-11-10-16-6-4-5-7-17(16)13-21/h4-7,14-15,18-19H,8-13H2,1-3H3/t15-,18+,19-/m1/s1. The Hall–Kier alpha value is -1.51. The molecule has 1 amide bonds. The SMILES string of the molecule is CC(C)[C@@H]1CC[C@@H](C)C[C@H]1OC(=O)N1CCc2ccccc2C1. The largest absolute Gasteiger partial charge is 0.446 e. The zero-order valence-electron chi connectivity index (χ0n) is 14.6. The van der Waals surface area contributed by atoms with Crippen LogP contribution >= 0.6 is 0 Å². The molecular weight excluding hydrogens is 286 g/mol. The van der Waals surface area contributed by atoms with Crippen molar-refractivity contribution in [2.24, 2.45) is 17.8 Å². The van der Waals surface area contributed by atoms with E-state index in [9.17, 15) is 4.79 Å². The monoisotopic (exact) mass is 315 g/mol. The highest BCUT2D eigenvalue weighted by Gasteiger charge is 2.34. The number of rotatable bonds is 2. The molecule has 1 saturated carbocycles.